The summed E-state index contributed by atoms with van der Waals surface area (Å²) in [6, 6.07) is 7.11. The Kier molecular flexibility index (Phi) is 4.75. The maximum Gasteiger partial charge on any atom is 0.234 e. The normalized spacial score (nSPS) is 12.4. The van der Waals surface area contributed by atoms with E-state index in [1.807, 2.05) is 19.9 Å². The second-order valence-electron chi connectivity index (χ2n) is 5.11. The predicted octanol–water partition coefficient (Wildman–Crippen LogP) is 3.39. The van der Waals surface area contributed by atoms with Crippen LogP contribution in [0.2, 0.25) is 5.02 Å². The van der Waals surface area contributed by atoms with Crippen molar-refractivity contribution in [3.05, 3.63) is 35.5 Å². The summed E-state index contributed by atoms with van der Waals surface area (Å²) in [7, 11) is 0. The molecule has 0 saturated carbocycles. The Bertz CT molecular complexity index is 702. The SMILES string of the molecule is CC(C)C(C(=O)Nc1ccc(Cl)c2cccnc12)C(N)=S. The Balaban J connectivity index is 2.38. The van der Waals surface area contributed by atoms with E-state index in [1.54, 1.807) is 24.4 Å². The van der Waals surface area contributed by atoms with E-state index < -0.39 is 5.92 Å². The van der Waals surface area contributed by atoms with Crippen LogP contribution in [0.3, 0.4) is 0 Å². The van der Waals surface area contributed by atoms with Crippen LogP contribution in [-0.2, 0) is 4.79 Å². The van der Waals surface area contributed by atoms with Crippen LogP contribution in [0.15, 0.2) is 30.5 Å². The van der Waals surface area contributed by atoms with E-state index in [9.17, 15) is 4.79 Å². The molecule has 2 rings (SSSR count). The van der Waals surface area contributed by atoms with Crippen LogP contribution >= 0.6 is 23.8 Å². The van der Waals surface area contributed by atoms with Gasteiger partial charge in [0, 0.05) is 11.6 Å². The number of rotatable bonds is 4. The number of hydrogen-bond donors (Lipinski definition) is 2. The highest BCUT2D eigenvalue weighted by Gasteiger charge is 2.25. The minimum Gasteiger partial charge on any atom is -0.393 e. The third-order valence-corrected chi connectivity index (χ3v) is 3.81. The van der Waals surface area contributed by atoms with Gasteiger partial charge in [-0.1, -0.05) is 37.7 Å². The fourth-order valence-electron chi connectivity index (χ4n) is 2.21. The summed E-state index contributed by atoms with van der Waals surface area (Å²) in [6.07, 6.45) is 1.65. The molecule has 0 radical (unpaired) electrons. The lowest BCUT2D eigenvalue weighted by Crippen LogP contribution is -2.36. The van der Waals surface area contributed by atoms with Gasteiger partial charge < -0.3 is 11.1 Å². The lowest BCUT2D eigenvalue weighted by Gasteiger charge is -2.19. The first kappa shape index (κ1) is 15.7. The highest BCUT2D eigenvalue weighted by Crippen LogP contribution is 2.28. The summed E-state index contributed by atoms with van der Waals surface area (Å²) in [5, 5.41) is 4.22. The Labute approximate surface area is 133 Å². The number of pyridine rings is 1. The number of hydrogen-bond acceptors (Lipinski definition) is 3. The molecule has 0 aliphatic rings. The zero-order valence-corrected chi connectivity index (χ0v) is 13.3. The monoisotopic (exact) mass is 321 g/mol. The number of aromatic nitrogens is 1. The molecular weight excluding hydrogens is 306 g/mol. The number of fused-ring (bicyclic) bond motifs is 1. The highest BCUT2D eigenvalue weighted by molar-refractivity contribution is 7.80. The van der Waals surface area contributed by atoms with Crippen LogP contribution in [0.5, 0.6) is 0 Å². The average molecular weight is 322 g/mol. The Morgan fingerprint density at radius 2 is 2.10 bits per heavy atom. The first-order valence-corrected chi connectivity index (χ1v) is 7.34. The molecule has 21 heavy (non-hydrogen) atoms. The molecule has 0 spiro atoms. The van der Waals surface area contributed by atoms with Crippen molar-refractivity contribution in [1.29, 1.82) is 0 Å². The van der Waals surface area contributed by atoms with E-state index in [0.29, 0.717) is 16.2 Å². The summed E-state index contributed by atoms with van der Waals surface area (Å²) in [5.74, 6) is -0.727. The number of anilines is 1. The van der Waals surface area contributed by atoms with Crippen molar-refractivity contribution in [2.45, 2.75) is 13.8 Å². The van der Waals surface area contributed by atoms with E-state index in [0.717, 1.165) is 5.39 Å². The third-order valence-electron chi connectivity index (χ3n) is 3.23. The number of thiocarbonyl (C=S) groups is 1. The van der Waals surface area contributed by atoms with E-state index in [-0.39, 0.29) is 16.8 Å². The molecule has 1 atom stereocenters. The zero-order valence-electron chi connectivity index (χ0n) is 11.8. The number of benzene rings is 1. The topological polar surface area (TPSA) is 68.0 Å². The first-order valence-electron chi connectivity index (χ1n) is 6.55. The Morgan fingerprint density at radius 3 is 2.71 bits per heavy atom. The molecule has 4 nitrogen and oxygen atoms in total. The largest absolute Gasteiger partial charge is 0.393 e. The Morgan fingerprint density at radius 1 is 1.38 bits per heavy atom. The summed E-state index contributed by atoms with van der Waals surface area (Å²) in [5.41, 5.74) is 6.90. The van der Waals surface area contributed by atoms with Crippen LogP contribution in [0, 0.1) is 11.8 Å². The van der Waals surface area contributed by atoms with Gasteiger partial charge in [-0.25, -0.2) is 0 Å². The molecule has 0 aliphatic carbocycles. The zero-order chi connectivity index (χ0) is 15.6. The summed E-state index contributed by atoms with van der Waals surface area (Å²) >= 11 is 11.1. The number of halogens is 1. The van der Waals surface area contributed by atoms with Crippen LogP contribution in [0.1, 0.15) is 13.8 Å². The van der Waals surface area contributed by atoms with Crippen molar-refractivity contribution in [1.82, 2.24) is 4.98 Å². The average Bonchev–Trinajstić information content (AvgIpc) is 2.41. The molecule has 0 bridgehead atoms. The van der Waals surface area contributed by atoms with Gasteiger partial charge in [0.2, 0.25) is 5.91 Å². The molecule has 0 saturated heterocycles. The van der Waals surface area contributed by atoms with Gasteiger partial charge >= 0.3 is 0 Å². The maximum absolute atomic E-state index is 12.4. The van der Waals surface area contributed by atoms with Crippen LogP contribution in [0.25, 0.3) is 10.9 Å². The Hall–Kier alpha value is -1.72. The number of carbonyl (C=O) groups is 1. The molecule has 110 valence electrons. The summed E-state index contributed by atoms with van der Waals surface area (Å²) in [4.78, 5) is 16.9. The number of nitrogens with zero attached hydrogens (tertiary/aromatic N) is 1. The van der Waals surface area contributed by atoms with Gasteiger partial charge in [-0.05, 0) is 30.2 Å². The molecule has 6 heteroatoms. The van der Waals surface area contributed by atoms with Crippen LogP contribution in [-0.4, -0.2) is 15.9 Å². The van der Waals surface area contributed by atoms with E-state index >= 15 is 0 Å². The number of nitrogens with one attached hydrogen (secondary N) is 1. The summed E-state index contributed by atoms with van der Waals surface area (Å²) < 4.78 is 0. The fraction of sp³-hybridized carbons (Fsp3) is 0.267. The smallest absolute Gasteiger partial charge is 0.234 e. The van der Waals surface area contributed by atoms with E-state index in [2.05, 4.69) is 10.3 Å². The number of carbonyl (C=O) groups excluding carboxylic acids is 1. The molecule has 1 aromatic heterocycles. The molecule has 1 unspecified atom stereocenters. The number of amides is 1. The minimum absolute atomic E-state index is 0.0222. The minimum atomic E-state index is -0.519. The van der Waals surface area contributed by atoms with Crippen LogP contribution in [0.4, 0.5) is 5.69 Å². The third kappa shape index (κ3) is 3.31. The summed E-state index contributed by atoms with van der Waals surface area (Å²) in [6.45, 7) is 3.81. The molecule has 0 aliphatic heterocycles. The lowest BCUT2D eigenvalue weighted by atomic mass is 9.95. The van der Waals surface area contributed by atoms with Gasteiger partial charge in [-0.15, -0.1) is 0 Å². The van der Waals surface area contributed by atoms with Crippen molar-refractivity contribution in [3.63, 3.8) is 0 Å². The molecule has 0 fully saturated rings. The first-order chi connectivity index (χ1) is 9.91. The van der Waals surface area contributed by atoms with E-state index in [4.69, 9.17) is 29.6 Å². The second kappa shape index (κ2) is 6.37. The van der Waals surface area contributed by atoms with Crippen molar-refractivity contribution in [2.75, 3.05) is 5.32 Å². The van der Waals surface area contributed by atoms with Gasteiger partial charge in [0.05, 0.1) is 27.1 Å². The molecule has 2 aromatic rings. The maximum atomic E-state index is 12.4. The highest BCUT2D eigenvalue weighted by atomic mass is 35.5. The van der Waals surface area contributed by atoms with Crippen molar-refractivity contribution in [2.24, 2.45) is 17.6 Å². The second-order valence-corrected chi connectivity index (χ2v) is 5.99. The van der Waals surface area contributed by atoms with Gasteiger partial charge in [-0.3, -0.25) is 9.78 Å². The molecule has 3 N–H and O–H groups in total. The van der Waals surface area contributed by atoms with Crippen molar-refractivity contribution >= 4 is 51.3 Å². The standard InChI is InChI=1S/C15H16ClN3OS/c1-8(2)12(14(17)21)15(20)19-11-6-5-10(16)9-4-3-7-18-13(9)11/h3-8,12H,1-2H3,(H2,17,21)(H,19,20). The van der Waals surface area contributed by atoms with Gasteiger partial charge in [-0.2, -0.15) is 0 Å². The van der Waals surface area contributed by atoms with Gasteiger partial charge in [0.1, 0.15) is 0 Å². The molecule has 1 heterocycles. The van der Waals surface area contributed by atoms with Gasteiger partial charge in [0.15, 0.2) is 0 Å². The fourth-order valence-corrected chi connectivity index (χ4v) is 2.80. The molecule has 1 aromatic carbocycles. The van der Waals surface area contributed by atoms with Gasteiger partial charge in [0.25, 0.3) is 0 Å². The lowest BCUT2D eigenvalue weighted by molar-refractivity contribution is -0.118. The van der Waals surface area contributed by atoms with Crippen LogP contribution < -0.4 is 11.1 Å². The van der Waals surface area contributed by atoms with E-state index in [1.165, 1.54) is 0 Å². The number of nitrogens with two attached hydrogens (primary N) is 1. The van der Waals surface area contributed by atoms with Crippen molar-refractivity contribution < 1.29 is 4.79 Å². The quantitative estimate of drug-likeness (QED) is 0.847. The molecule has 1 amide bonds. The van der Waals surface area contributed by atoms with Crippen molar-refractivity contribution in [3.8, 4) is 0 Å². The molecular formula is C15H16ClN3OS. The predicted molar refractivity (Wildman–Crippen MR) is 90.5 cm³/mol.